The third-order valence-electron chi connectivity index (χ3n) is 4.33. The second kappa shape index (κ2) is 8.56. The van der Waals surface area contributed by atoms with E-state index < -0.39 is 12.0 Å². The van der Waals surface area contributed by atoms with Gasteiger partial charge < -0.3 is 10.4 Å². The van der Waals surface area contributed by atoms with Gasteiger partial charge in [-0.3, -0.25) is 4.99 Å². The molecule has 0 aliphatic heterocycles. The second-order valence-corrected chi connectivity index (χ2v) is 7.56. The molecule has 2 aromatic carbocycles. The maximum Gasteiger partial charge on any atom is 0.328 e. The van der Waals surface area contributed by atoms with E-state index in [9.17, 15) is 4.79 Å². The Balaban J connectivity index is 1.62. The smallest absolute Gasteiger partial charge is 0.328 e. The minimum atomic E-state index is -1.00. The molecule has 0 aliphatic carbocycles. The lowest BCUT2D eigenvalue weighted by molar-refractivity contribution is -0.137. The zero-order valence-electron chi connectivity index (χ0n) is 15.8. The fourth-order valence-electron chi connectivity index (χ4n) is 2.74. The van der Waals surface area contributed by atoms with Crippen LogP contribution >= 0.6 is 23.1 Å². The van der Waals surface area contributed by atoms with Crippen LogP contribution in [0.3, 0.4) is 0 Å². The van der Waals surface area contributed by atoms with E-state index in [1.807, 2.05) is 48.5 Å². The number of halogens is 1. The summed E-state index contributed by atoms with van der Waals surface area (Å²) in [6.45, 7) is 1.49. The number of aliphatic carboxylic acids is 1. The Bertz CT molecular complexity index is 1240. The first-order chi connectivity index (χ1) is 14.5. The van der Waals surface area contributed by atoms with Crippen molar-refractivity contribution in [3.8, 4) is 11.1 Å². The fourth-order valence-corrected chi connectivity index (χ4v) is 3.71. The summed E-state index contributed by atoms with van der Waals surface area (Å²) in [5.74, 6) is -0.448. The number of fused-ring (bicyclic) bond motifs is 1. The molecule has 0 aliphatic rings. The lowest BCUT2D eigenvalue weighted by atomic mass is 10.1. The Morgan fingerprint density at radius 2 is 2.03 bits per heavy atom. The molecule has 1 unspecified atom stereocenters. The van der Waals surface area contributed by atoms with Crippen LogP contribution in [0.4, 0.5) is 11.5 Å². The average molecular weight is 438 g/mol. The van der Waals surface area contributed by atoms with Crippen LogP contribution in [-0.4, -0.2) is 37.7 Å². The molecule has 0 radical (unpaired) electrons. The molecule has 30 heavy (non-hydrogen) atoms. The zero-order chi connectivity index (χ0) is 21.1. The number of anilines is 2. The zero-order valence-corrected chi connectivity index (χ0v) is 17.4. The minimum Gasteiger partial charge on any atom is -0.480 e. The molecular weight excluding hydrogens is 422 g/mol. The van der Waals surface area contributed by atoms with Gasteiger partial charge in [0.15, 0.2) is 10.6 Å². The first-order valence-electron chi connectivity index (χ1n) is 9.02. The first-order valence-corrected chi connectivity index (χ1v) is 10.2. The maximum absolute atomic E-state index is 10.9. The van der Waals surface area contributed by atoms with Crippen LogP contribution in [0.15, 0.2) is 59.7 Å². The van der Waals surface area contributed by atoms with Gasteiger partial charge in [0, 0.05) is 11.8 Å². The molecule has 4 aromatic rings. The quantitative estimate of drug-likeness (QED) is 0.410. The molecule has 9 heteroatoms. The summed E-state index contributed by atoms with van der Waals surface area (Å²) < 4.78 is 4.41. The Morgan fingerprint density at radius 1 is 1.23 bits per heavy atom. The van der Waals surface area contributed by atoms with Crippen molar-refractivity contribution in [3.63, 3.8) is 0 Å². The summed E-state index contributed by atoms with van der Waals surface area (Å²) in [6, 6.07) is 14.8. The molecular formula is C21H16ClN5O2S. The van der Waals surface area contributed by atoms with E-state index in [2.05, 4.69) is 24.7 Å². The molecule has 0 fully saturated rings. The summed E-state index contributed by atoms with van der Waals surface area (Å²) in [5.41, 5.74) is 3.72. The summed E-state index contributed by atoms with van der Waals surface area (Å²) in [4.78, 5) is 24.3. The van der Waals surface area contributed by atoms with E-state index in [1.54, 1.807) is 0 Å². The number of nitrogens with one attached hydrogen (secondary N) is 1. The van der Waals surface area contributed by atoms with Crippen molar-refractivity contribution in [1.82, 2.24) is 14.3 Å². The third-order valence-corrected chi connectivity index (χ3v) is 5.47. The molecule has 0 bridgehead atoms. The molecule has 2 aromatic heterocycles. The maximum atomic E-state index is 10.9. The Morgan fingerprint density at radius 3 is 2.80 bits per heavy atom. The molecule has 4 rings (SSSR count). The lowest BCUT2D eigenvalue weighted by Gasteiger charge is -2.10. The summed E-state index contributed by atoms with van der Waals surface area (Å²) in [6.07, 6.45) is 2.93. The minimum absolute atomic E-state index is 0.468. The topological polar surface area (TPSA) is 100 Å². The molecule has 7 nitrogen and oxygen atoms in total. The number of aromatic nitrogens is 3. The monoisotopic (exact) mass is 437 g/mol. The van der Waals surface area contributed by atoms with Gasteiger partial charge in [0.25, 0.3) is 0 Å². The number of rotatable bonds is 6. The molecule has 150 valence electrons. The molecule has 1 atom stereocenters. The van der Waals surface area contributed by atoms with E-state index in [0.717, 1.165) is 11.1 Å². The van der Waals surface area contributed by atoms with Crippen LogP contribution in [-0.2, 0) is 4.79 Å². The number of nitrogens with zero attached hydrogens (tertiary/aromatic N) is 4. The van der Waals surface area contributed by atoms with Gasteiger partial charge in [-0.1, -0.05) is 54.1 Å². The van der Waals surface area contributed by atoms with E-state index >= 15 is 0 Å². The number of carbonyl (C=O) groups is 1. The Labute approximate surface area is 181 Å². The number of carboxylic acids is 1. The third kappa shape index (κ3) is 4.14. The van der Waals surface area contributed by atoms with Gasteiger partial charge in [-0.2, -0.15) is 4.37 Å². The number of benzene rings is 2. The Hall–Kier alpha value is -3.36. The van der Waals surface area contributed by atoms with Crippen LogP contribution < -0.4 is 5.32 Å². The van der Waals surface area contributed by atoms with Crippen LogP contribution in [0, 0.1) is 0 Å². The first kappa shape index (κ1) is 19.9. The van der Waals surface area contributed by atoms with Crippen molar-refractivity contribution in [3.05, 3.63) is 65.4 Å². The van der Waals surface area contributed by atoms with E-state index in [0.29, 0.717) is 32.6 Å². The van der Waals surface area contributed by atoms with Gasteiger partial charge in [-0.05, 0) is 30.1 Å². The van der Waals surface area contributed by atoms with Gasteiger partial charge in [-0.15, -0.1) is 0 Å². The van der Waals surface area contributed by atoms with Crippen LogP contribution in [0.5, 0.6) is 0 Å². The highest BCUT2D eigenvalue weighted by atomic mass is 35.5. The normalized spacial score (nSPS) is 12.3. The highest BCUT2D eigenvalue weighted by Gasteiger charge is 2.14. The fraction of sp³-hybridized carbons (Fsp3) is 0.0952. The lowest BCUT2D eigenvalue weighted by Crippen LogP contribution is -2.13. The molecule has 0 amide bonds. The van der Waals surface area contributed by atoms with E-state index in [-0.39, 0.29) is 0 Å². The van der Waals surface area contributed by atoms with Crippen LogP contribution in [0.1, 0.15) is 12.6 Å². The van der Waals surface area contributed by atoms with Crippen molar-refractivity contribution < 1.29 is 9.90 Å². The van der Waals surface area contributed by atoms with Crippen molar-refractivity contribution in [2.75, 3.05) is 5.32 Å². The van der Waals surface area contributed by atoms with Gasteiger partial charge in [0.1, 0.15) is 17.3 Å². The highest BCUT2D eigenvalue weighted by Crippen LogP contribution is 2.36. The van der Waals surface area contributed by atoms with E-state index in [4.69, 9.17) is 16.7 Å². The number of aliphatic imine (C=N–C) groups is 1. The van der Waals surface area contributed by atoms with Gasteiger partial charge >= 0.3 is 5.97 Å². The molecule has 0 spiro atoms. The molecule has 0 saturated heterocycles. The number of carboxylic acid groups (broad SMARTS) is 1. The van der Waals surface area contributed by atoms with Gasteiger partial charge in [0.2, 0.25) is 0 Å². The predicted octanol–water partition coefficient (Wildman–Crippen LogP) is 5.04. The molecule has 2 heterocycles. The second-order valence-electron chi connectivity index (χ2n) is 6.43. The number of hydrogen-bond acceptors (Lipinski definition) is 7. The standard InChI is InChI=1S/C21H16ClN5O2S/c1-12(21(28)29)23-10-14-11-24-18-19(27-30-20(18)25-14)26-16-9-5-8-15(17(16)22)13-6-3-2-4-7-13/h2-12H,1H3,(H,26,27)(H,28,29). The summed E-state index contributed by atoms with van der Waals surface area (Å²) in [7, 11) is 0. The van der Waals surface area contributed by atoms with Crippen molar-refractivity contribution in [2.45, 2.75) is 13.0 Å². The van der Waals surface area contributed by atoms with Crippen molar-refractivity contribution in [2.24, 2.45) is 4.99 Å². The predicted molar refractivity (Wildman–Crippen MR) is 120 cm³/mol. The Kier molecular flexibility index (Phi) is 5.69. The highest BCUT2D eigenvalue weighted by molar-refractivity contribution is 7.13. The van der Waals surface area contributed by atoms with Crippen molar-refractivity contribution >= 4 is 57.2 Å². The average Bonchev–Trinajstić information content (AvgIpc) is 3.16. The molecule has 2 N–H and O–H groups in total. The summed E-state index contributed by atoms with van der Waals surface area (Å²) in [5, 5.41) is 12.7. The van der Waals surface area contributed by atoms with Crippen LogP contribution in [0.25, 0.3) is 21.5 Å². The summed E-state index contributed by atoms with van der Waals surface area (Å²) >= 11 is 7.83. The number of hydrogen-bond donors (Lipinski definition) is 2. The van der Waals surface area contributed by atoms with Gasteiger partial charge in [0.05, 0.1) is 16.9 Å². The van der Waals surface area contributed by atoms with Gasteiger partial charge in [-0.25, -0.2) is 14.8 Å². The van der Waals surface area contributed by atoms with Crippen LogP contribution in [0.2, 0.25) is 5.02 Å². The molecule has 0 saturated carbocycles. The largest absolute Gasteiger partial charge is 0.480 e. The van der Waals surface area contributed by atoms with E-state index in [1.165, 1.54) is 30.9 Å². The SMILES string of the molecule is CC(N=Cc1cnc2c(Nc3cccc(-c4ccccc4)c3Cl)nsc2n1)C(=O)O. The van der Waals surface area contributed by atoms with Crippen molar-refractivity contribution in [1.29, 1.82) is 0 Å².